The van der Waals surface area contributed by atoms with E-state index >= 15 is 0 Å². The highest BCUT2D eigenvalue weighted by molar-refractivity contribution is 6.06. The lowest BCUT2D eigenvalue weighted by atomic mass is 9.52. The van der Waals surface area contributed by atoms with E-state index in [0.717, 1.165) is 19.3 Å². The van der Waals surface area contributed by atoms with Crippen molar-refractivity contribution >= 4 is 11.8 Å². The van der Waals surface area contributed by atoms with Gasteiger partial charge in [0.15, 0.2) is 5.78 Å². The average molecular weight is 238 g/mol. The van der Waals surface area contributed by atoms with E-state index in [-0.39, 0.29) is 23.1 Å². The van der Waals surface area contributed by atoms with Crippen LogP contribution >= 0.6 is 0 Å². The molecule has 0 aromatic rings. The van der Waals surface area contributed by atoms with E-state index in [4.69, 9.17) is 4.74 Å². The summed E-state index contributed by atoms with van der Waals surface area (Å²) in [5.74, 6) is 0.316. The maximum atomic E-state index is 12.5. The average Bonchev–Trinajstić information content (AvgIpc) is 2.59. The number of carbonyl (C=O) groups excluding carboxylic acids is 2. The van der Waals surface area contributed by atoms with Gasteiger partial charge in [-0.2, -0.15) is 0 Å². The van der Waals surface area contributed by atoms with Crippen molar-refractivity contribution in [2.45, 2.75) is 46.5 Å². The maximum Gasteiger partial charge on any atom is 0.320 e. The molecule has 0 bridgehead atoms. The van der Waals surface area contributed by atoms with E-state index in [1.165, 1.54) is 7.11 Å². The lowest BCUT2D eigenvalue weighted by Gasteiger charge is -2.49. The summed E-state index contributed by atoms with van der Waals surface area (Å²) in [6.07, 6.45) is 3.33. The first kappa shape index (κ1) is 12.6. The molecule has 2 rings (SSSR count). The molecule has 3 nitrogen and oxygen atoms in total. The van der Waals surface area contributed by atoms with Crippen LogP contribution in [0, 0.1) is 22.7 Å². The minimum Gasteiger partial charge on any atom is -0.468 e. The Bertz CT molecular complexity index is 352. The van der Waals surface area contributed by atoms with E-state index in [9.17, 15) is 9.59 Å². The van der Waals surface area contributed by atoms with Gasteiger partial charge in [0.2, 0.25) is 0 Å². The Morgan fingerprint density at radius 1 is 1.29 bits per heavy atom. The van der Waals surface area contributed by atoms with Gasteiger partial charge < -0.3 is 4.74 Å². The molecule has 4 atom stereocenters. The highest BCUT2D eigenvalue weighted by atomic mass is 16.5. The fraction of sp³-hybridized carbons (Fsp3) is 0.857. The lowest BCUT2D eigenvalue weighted by molar-refractivity contribution is -0.175. The van der Waals surface area contributed by atoms with E-state index in [1.807, 2.05) is 6.92 Å². The Hall–Kier alpha value is -0.860. The number of hydrogen-bond donors (Lipinski definition) is 0. The van der Waals surface area contributed by atoms with Crippen LogP contribution in [0.3, 0.4) is 0 Å². The van der Waals surface area contributed by atoms with Crippen LogP contribution in [0.2, 0.25) is 0 Å². The molecule has 96 valence electrons. The highest BCUT2D eigenvalue weighted by Gasteiger charge is 2.68. The summed E-state index contributed by atoms with van der Waals surface area (Å²) in [5.41, 5.74) is -1.09. The monoisotopic (exact) mass is 238 g/mol. The van der Waals surface area contributed by atoms with Gasteiger partial charge in [0.25, 0.3) is 0 Å². The van der Waals surface area contributed by atoms with Crippen molar-refractivity contribution < 1.29 is 14.3 Å². The molecule has 0 aliphatic heterocycles. The van der Waals surface area contributed by atoms with Gasteiger partial charge in [-0.25, -0.2) is 0 Å². The molecule has 2 aliphatic carbocycles. The summed E-state index contributed by atoms with van der Waals surface area (Å²) in [7, 11) is 1.40. The molecule has 0 unspecified atom stereocenters. The van der Waals surface area contributed by atoms with Crippen molar-refractivity contribution in [1.29, 1.82) is 0 Å². The molecule has 0 aromatic heterocycles. The van der Waals surface area contributed by atoms with Crippen LogP contribution in [0.15, 0.2) is 0 Å². The fourth-order valence-electron chi connectivity index (χ4n) is 4.29. The summed E-state index contributed by atoms with van der Waals surface area (Å²) in [4.78, 5) is 24.8. The molecular formula is C14H22O3. The second-order valence-electron chi connectivity index (χ2n) is 6.02. The molecule has 2 saturated carbocycles. The van der Waals surface area contributed by atoms with Crippen LogP contribution in [-0.4, -0.2) is 18.9 Å². The van der Waals surface area contributed by atoms with Crippen LogP contribution in [0.25, 0.3) is 0 Å². The molecule has 3 heteroatoms. The number of Topliss-reactive ketones (excluding diaryl/α,β-unsaturated/α-hetero) is 1. The molecule has 0 radical (unpaired) electrons. The topological polar surface area (TPSA) is 43.4 Å². The van der Waals surface area contributed by atoms with Crippen LogP contribution in [0.4, 0.5) is 0 Å². The molecule has 0 saturated heterocycles. The Balaban J connectivity index is 2.59. The standard InChI is InChI=1S/C14H22O3/c1-9-5-6-11(15)14(12(16)17-4)10(2)7-8-13(9,14)3/h9-10H,5-8H2,1-4H3/t9-,10-,13+,14-/m1/s1. The van der Waals surface area contributed by atoms with E-state index in [0.29, 0.717) is 12.3 Å². The van der Waals surface area contributed by atoms with Gasteiger partial charge in [0, 0.05) is 6.42 Å². The molecule has 0 N–H and O–H groups in total. The van der Waals surface area contributed by atoms with E-state index < -0.39 is 5.41 Å². The van der Waals surface area contributed by atoms with E-state index in [2.05, 4.69) is 13.8 Å². The Kier molecular flexibility index (Phi) is 2.83. The molecular weight excluding hydrogens is 216 g/mol. The lowest BCUT2D eigenvalue weighted by Crippen LogP contribution is -2.57. The Labute approximate surface area is 103 Å². The van der Waals surface area contributed by atoms with Gasteiger partial charge in [0.05, 0.1) is 7.11 Å². The molecule has 0 heterocycles. The van der Waals surface area contributed by atoms with Crippen LogP contribution in [-0.2, 0) is 14.3 Å². The summed E-state index contributed by atoms with van der Waals surface area (Å²) in [6.45, 7) is 6.30. The van der Waals surface area contributed by atoms with Crippen molar-refractivity contribution in [2.75, 3.05) is 7.11 Å². The molecule has 2 aliphatic rings. The van der Waals surface area contributed by atoms with Gasteiger partial charge in [0.1, 0.15) is 5.41 Å². The molecule has 0 spiro atoms. The first-order chi connectivity index (χ1) is 7.91. The molecule has 17 heavy (non-hydrogen) atoms. The van der Waals surface area contributed by atoms with Crippen molar-refractivity contribution in [1.82, 2.24) is 0 Å². The van der Waals surface area contributed by atoms with Gasteiger partial charge in [-0.15, -0.1) is 0 Å². The number of ether oxygens (including phenoxy) is 1. The second-order valence-corrected chi connectivity index (χ2v) is 6.02. The summed E-state index contributed by atoms with van der Waals surface area (Å²) in [6, 6.07) is 0. The van der Waals surface area contributed by atoms with E-state index in [1.54, 1.807) is 0 Å². The van der Waals surface area contributed by atoms with Crippen molar-refractivity contribution in [2.24, 2.45) is 22.7 Å². The first-order valence-electron chi connectivity index (χ1n) is 6.53. The van der Waals surface area contributed by atoms with Crippen LogP contribution in [0.5, 0.6) is 0 Å². The smallest absolute Gasteiger partial charge is 0.320 e. The third kappa shape index (κ3) is 1.28. The molecule has 2 fully saturated rings. The zero-order chi connectivity index (χ0) is 12.8. The highest BCUT2D eigenvalue weighted by Crippen LogP contribution is 2.64. The zero-order valence-corrected chi connectivity index (χ0v) is 11.2. The quantitative estimate of drug-likeness (QED) is 0.521. The third-order valence-electron chi connectivity index (χ3n) is 5.58. The van der Waals surface area contributed by atoms with Gasteiger partial charge in [-0.3, -0.25) is 9.59 Å². The SMILES string of the molecule is COC(=O)[C@@]12C(=O)CC[C@@H](C)[C@]1(C)CC[C@H]2C. The Morgan fingerprint density at radius 3 is 2.53 bits per heavy atom. The number of methoxy groups -OCH3 is 1. The second kappa shape index (κ2) is 3.82. The minimum absolute atomic E-state index is 0.106. The summed E-state index contributed by atoms with van der Waals surface area (Å²) >= 11 is 0. The zero-order valence-electron chi connectivity index (χ0n) is 11.2. The summed E-state index contributed by atoms with van der Waals surface area (Å²) in [5, 5.41) is 0. The first-order valence-corrected chi connectivity index (χ1v) is 6.53. The maximum absolute atomic E-state index is 12.5. The Morgan fingerprint density at radius 2 is 1.94 bits per heavy atom. The van der Waals surface area contributed by atoms with Gasteiger partial charge in [-0.1, -0.05) is 20.8 Å². The largest absolute Gasteiger partial charge is 0.468 e. The molecule has 0 aromatic carbocycles. The fourth-order valence-corrected chi connectivity index (χ4v) is 4.29. The van der Waals surface area contributed by atoms with Crippen LogP contribution in [0.1, 0.15) is 46.5 Å². The number of carbonyl (C=O) groups is 2. The number of fused-ring (bicyclic) bond motifs is 1. The number of rotatable bonds is 1. The van der Waals surface area contributed by atoms with Crippen molar-refractivity contribution in [3.8, 4) is 0 Å². The van der Waals surface area contributed by atoms with Gasteiger partial charge >= 0.3 is 5.97 Å². The predicted molar refractivity (Wildman–Crippen MR) is 64.4 cm³/mol. The van der Waals surface area contributed by atoms with Crippen molar-refractivity contribution in [3.05, 3.63) is 0 Å². The third-order valence-corrected chi connectivity index (χ3v) is 5.58. The number of esters is 1. The normalized spacial score (nSPS) is 45.5. The number of hydrogen-bond acceptors (Lipinski definition) is 3. The van der Waals surface area contributed by atoms with Gasteiger partial charge in [-0.05, 0) is 36.5 Å². The minimum atomic E-state index is -0.876. The summed E-state index contributed by atoms with van der Waals surface area (Å²) < 4.78 is 4.99. The predicted octanol–water partition coefficient (Wildman–Crippen LogP) is 2.58. The van der Waals surface area contributed by atoms with Crippen LogP contribution < -0.4 is 0 Å². The molecule has 0 amide bonds. The van der Waals surface area contributed by atoms with Crippen molar-refractivity contribution in [3.63, 3.8) is 0 Å². The number of ketones is 1.